The first-order valence-corrected chi connectivity index (χ1v) is 14.4. The van der Waals surface area contributed by atoms with Crippen LogP contribution < -0.4 is 10.5 Å². The SMILES string of the molecule is CCCCCCCCN1C(=O)/C(=C\c2c(C)c(C#N)c(=O)n(CCCC)c2N2CCOCC2)SC1=S. The molecule has 36 heavy (non-hydrogen) atoms. The lowest BCUT2D eigenvalue weighted by Gasteiger charge is -2.33. The number of thiocarbonyl (C=S) groups is 1. The number of carbonyl (C=O) groups is 1. The summed E-state index contributed by atoms with van der Waals surface area (Å²) in [5.41, 5.74) is 1.23. The molecule has 7 nitrogen and oxygen atoms in total. The first kappa shape index (κ1) is 28.4. The van der Waals surface area contributed by atoms with Gasteiger partial charge in [0.15, 0.2) is 0 Å². The molecule has 196 valence electrons. The van der Waals surface area contributed by atoms with Gasteiger partial charge >= 0.3 is 0 Å². The van der Waals surface area contributed by atoms with E-state index in [2.05, 4.69) is 24.8 Å². The van der Waals surface area contributed by atoms with Gasteiger partial charge in [0.05, 0.1) is 18.1 Å². The van der Waals surface area contributed by atoms with Gasteiger partial charge in [0.2, 0.25) is 0 Å². The van der Waals surface area contributed by atoms with Crippen LogP contribution in [0.5, 0.6) is 0 Å². The fourth-order valence-electron chi connectivity index (χ4n) is 4.66. The normalized spacial score (nSPS) is 17.3. The number of aromatic nitrogens is 1. The number of thioether (sulfide) groups is 1. The molecule has 0 spiro atoms. The Labute approximate surface area is 224 Å². The molecule has 0 aliphatic carbocycles. The van der Waals surface area contributed by atoms with Crippen LogP contribution >= 0.6 is 24.0 Å². The van der Waals surface area contributed by atoms with Crippen LogP contribution in [0.2, 0.25) is 0 Å². The van der Waals surface area contributed by atoms with Gasteiger partial charge < -0.3 is 9.64 Å². The molecule has 0 bridgehead atoms. The van der Waals surface area contributed by atoms with Gasteiger partial charge in [-0.2, -0.15) is 5.26 Å². The number of amides is 1. The second kappa shape index (κ2) is 14.0. The van der Waals surface area contributed by atoms with E-state index in [1.807, 2.05) is 6.08 Å². The molecular formula is C27H38N4O3S2. The molecule has 1 aromatic heterocycles. The van der Waals surface area contributed by atoms with E-state index in [1.165, 1.54) is 37.4 Å². The molecule has 0 aromatic carbocycles. The monoisotopic (exact) mass is 530 g/mol. The van der Waals surface area contributed by atoms with Crippen LogP contribution in [0, 0.1) is 18.3 Å². The van der Waals surface area contributed by atoms with Crippen LogP contribution in [-0.4, -0.2) is 52.5 Å². The number of nitriles is 1. The molecule has 3 heterocycles. The minimum atomic E-state index is -0.266. The number of hydrogen-bond acceptors (Lipinski definition) is 7. The molecule has 0 atom stereocenters. The van der Waals surface area contributed by atoms with Crippen molar-refractivity contribution < 1.29 is 9.53 Å². The lowest BCUT2D eigenvalue weighted by atomic mass is 10.0. The summed E-state index contributed by atoms with van der Waals surface area (Å²) in [7, 11) is 0. The average Bonchev–Trinajstić information content (AvgIpc) is 3.15. The lowest BCUT2D eigenvalue weighted by Crippen LogP contribution is -2.41. The molecule has 0 saturated carbocycles. The van der Waals surface area contributed by atoms with E-state index in [0.717, 1.165) is 37.1 Å². The van der Waals surface area contributed by atoms with Crippen molar-refractivity contribution in [2.24, 2.45) is 0 Å². The summed E-state index contributed by atoms with van der Waals surface area (Å²) in [5, 5.41) is 9.83. The molecule has 2 aliphatic heterocycles. The van der Waals surface area contributed by atoms with Gasteiger partial charge in [-0.3, -0.25) is 19.1 Å². The van der Waals surface area contributed by atoms with E-state index < -0.39 is 0 Å². The largest absolute Gasteiger partial charge is 0.378 e. The van der Waals surface area contributed by atoms with Crippen LogP contribution in [0.25, 0.3) is 6.08 Å². The quantitative estimate of drug-likeness (QED) is 0.208. The molecule has 2 aliphatic rings. The van der Waals surface area contributed by atoms with Crippen molar-refractivity contribution in [2.45, 2.75) is 78.7 Å². The molecule has 3 rings (SSSR count). The number of nitrogens with zero attached hydrogens (tertiary/aromatic N) is 4. The zero-order valence-electron chi connectivity index (χ0n) is 21.8. The Morgan fingerprint density at radius 2 is 1.69 bits per heavy atom. The average molecular weight is 531 g/mol. The number of hydrogen-bond donors (Lipinski definition) is 0. The van der Waals surface area contributed by atoms with Gasteiger partial charge in [0.1, 0.15) is 21.8 Å². The van der Waals surface area contributed by atoms with Crippen molar-refractivity contribution in [2.75, 3.05) is 37.7 Å². The molecule has 1 aromatic rings. The molecule has 1 amide bonds. The van der Waals surface area contributed by atoms with Gasteiger partial charge in [-0.05, 0) is 31.4 Å². The molecule has 2 saturated heterocycles. The van der Waals surface area contributed by atoms with Crippen molar-refractivity contribution in [3.05, 3.63) is 31.9 Å². The molecule has 0 radical (unpaired) electrons. The van der Waals surface area contributed by atoms with Crippen molar-refractivity contribution in [3.63, 3.8) is 0 Å². The third-order valence-electron chi connectivity index (χ3n) is 6.78. The molecule has 0 N–H and O–H groups in total. The van der Waals surface area contributed by atoms with Gasteiger partial charge in [-0.15, -0.1) is 0 Å². The number of morpholine rings is 1. The zero-order valence-corrected chi connectivity index (χ0v) is 23.4. The highest BCUT2D eigenvalue weighted by Gasteiger charge is 2.33. The Morgan fingerprint density at radius 3 is 2.36 bits per heavy atom. The van der Waals surface area contributed by atoms with Crippen LogP contribution in [0.3, 0.4) is 0 Å². The van der Waals surface area contributed by atoms with Crippen LogP contribution in [0.4, 0.5) is 5.82 Å². The Kier molecular flexibility index (Phi) is 11.0. The van der Waals surface area contributed by atoms with Gasteiger partial charge in [-0.25, -0.2) is 0 Å². The maximum Gasteiger partial charge on any atom is 0.270 e. The molecule has 2 fully saturated rings. The Hall–Kier alpha value is -2.15. The topological polar surface area (TPSA) is 78.6 Å². The summed E-state index contributed by atoms with van der Waals surface area (Å²) < 4.78 is 7.86. The summed E-state index contributed by atoms with van der Waals surface area (Å²) in [4.78, 5) is 31.1. The third kappa shape index (κ3) is 6.58. The van der Waals surface area contributed by atoms with Crippen LogP contribution in [0.1, 0.15) is 81.9 Å². The fourth-order valence-corrected chi connectivity index (χ4v) is 5.95. The Bertz CT molecular complexity index is 1080. The molecular weight excluding hydrogens is 492 g/mol. The predicted octanol–water partition coefficient (Wildman–Crippen LogP) is 5.23. The Balaban J connectivity index is 1.97. The standard InChI is InChI=1S/C27H38N4O3S2/c1-4-6-8-9-10-11-13-31-26(33)23(36-27(31)35)18-21-20(3)22(19-28)25(32)30(12-7-5-2)24(21)29-14-16-34-17-15-29/h18H,4-17H2,1-3H3/b23-18+. The van der Waals surface area contributed by atoms with Crippen molar-refractivity contribution >= 4 is 46.1 Å². The van der Waals surface area contributed by atoms with E-state index in [-0.39, 0.29) is 17.0 Å². The number of pyridine rings is 1. The van der Waals surface area contributed by atoms with Crippen molar-refractivity contribution in [1.82, 2.24) is 9.47 Å². The highest BCUT2D eigenvalue weighted by Crippen LogP contribution is 2.36. The van der Waals surface area contributed by atoms with Crippen molar-refractivity contribution in [3.8, 4) is 6.07 Å². The summed E-state index contributed by atoms with van der Waals surface area (Å²) in [6.45, 7) is 9.68. The fraction of sp³-hybridized carbons (Fsp3) is 0.630. The van der Waals surface area contributed by atoms with Crippen LogP contribution in [0.15, 0.2) is 9.70 Å². The van der Waals surface area contributed by atoms with E-state index in [1.54, 1.807) is 16.4 Å². The summed E-state index contributed by atoms with van der Waals surface area (Å²) in [6, 6.07) is 2.12. The predicted molar refractivity (Wildman–Crippen MR) is 151 cm³/mol. The van der Waals surface area contributed by atoms with Crippen LogP contribution in [-0.2, 0) is 16.1 Å². The maximum atomic E-state index is 13.3. The van der Waals surface area contributed by atoms with E-state index >= 15 is 0 Å². The van der Waals surface area contributed by atoms with Gasteiger partial charge in [-0.1, -0.05) is 76.4 Å². The van der Waals surface area contributed by atoms with E-state index in [0.29, 0.717) is 54.2 Å². The number of anilines is 1. The third-order valence-corrected chi connectivity index (χ3v) is 8.15. The first-order chi connectivity index (χ1) is 17.4. The minimum absolute atomic E-state index is 0.0873. The number of rotatable bonds is 12. The lowest BCUT2D eigenvalue weighted by molar-refractivity contribution is -0.122. The highest BCUT2D eigenvalue weighted by atomic mass is 32.2. The van der Waals surface area contributed by atoms with Gasteiger partial charge in [0.25, 0.3) is 11.5 Å². The van der Waals surface area contributed by atoms with Crippen molar-refractivity contribution in [1.29, 1.82) is 5.26 Å². The smallest absolute Gasteiger partial charge is 0.270 e. The number of unbranched alkanes of at least 4 members (excludes halogenated alkanes) is 6. The molecule has 9 heteroatoms. The Morgan fingerprint density at radius 1 is 1.03 bits per heavy atom. The second-order valence-corrected chi connectivity index (χ2v) is 11.0. The summed E-state index contributed by atoms with van der Waals surface area (Å²) in [6.07, 6.45) is 10.5. The second-order valence-electron chi connectivity index (χ2n) is 9.36. The number of carbonyl (C=O) groups excluding carboxylic acids is 1. The summed E-state index contributed by atoms with van der Waals surface area (Å²) >= 11 is 6.88. The van der Waals surface area contributed by atoms with Gasteiger partial charge in [0, 0.05) is 31.7 Å². The van der Waals surface area contributed by atoms with E-state index in [9.17, 15) is 14.9 Å². The highest BCUT2D eigenvalue weighted by molar-refractivity contribution is 8.26. The summed E-state index contributed by atoms with van der Waals surface area (Å²) in [5.74, 6) is 0.685. The first-order valence-electron chi connectivity index (χ1n) is 13.2. The maximum absolute atomic E-state index is 13.3. The minimum Gasteiger partial charge on any atom is -0.378 e. The van der Waals surface area contributed by atoms with E-state index in [4.69, 9.17) is 17.0 Å². The zero-order chi connectivity index (χ0) is 26.1. The molecule has 0 unspecified atom stereocenters. The number of ether oxygens (including phenoxy) is 1.